The average molecular weight is 221 g/mol. The molecule has 0 radical (unpaired) electrons. The molecule has 0 saturated carbocycles. The minimum absolute atomic E-state index is 0. The van der Waals surface area contributed by atoms with Crippen LogP contribution in [0.3, 0.4) is 0 Å². The van der Waals surface area contributed by atoms with E-state index in [-0.39, 0.29) is 211 Å². The zero-order chi connectivity index (χ0) is 3.41. The van der Waals surface area contributed by atoms with Crippen LogP contribution in [0.4, 0.5) is 0 Å². The molecule has 8 heavy (non-hydrogen) atoms. The van der Waals surface area contributed by atoms with E-state index in [1.54, 1.807) is 0 Å². The molecular weight excluding hydrogens is 208 g/mol. The first-order chi connectivity index (χ1) is 1.91. The van der Waals surface area contributed by atoms with E-state index < -0.39 is 0 Å². The number of hydrogen-bond donors (Lipinski definition) is 2. The van der Waals surface area contributed by atoms with Gasteiger partial charge in [0.1, 0.15) is 0 Å². The van der Waals surface area contributed by atoms with Crippen LogP contribution in [0.1, 0.15) is 5.71 Å². The van der Waals surface area contributed by atoms with Crippen LogP contribution >= 0.6 is 0 Å². The summed E-state index contributed by atoms with van der Waals surface area (Å²) >= 11 is 0. The molecule has 0 aromatic heterocycles. The Morgan fingerprint density at radius 2 is 0.875 bits per heavy atom. The Labute approximate surface area is 227 Å². The number of hydrogen-bond acceptors (Lipinski definition) is 2. The van der Waals surface area contributed by atoms with Gasteiger partial charge in [0.05, 0.1) is 0 Å². The van der Waals surface area contributed by atoms with Gasteiger partial charge in [-0.1, -0.05) is 0 Å². The van der Waals surface area contributed by atoms with E-state index in [1.165, 1.54) is 0 Å². The van der Waals surface area contributed by atoms with Gasteiger partial charge in [-0.25, -0.2) is 0 Å². The first kappa shape index (κ1) is 29.3. The molecule has 0 aromatic rings. The van der Waals surface area contributed by atoms with Crippen LogP contribution in [0.2, 0.25) is 0 Å². The maximum atomic E-state index is 4.90. The van der Waals surface area contributed by atoms with E-state index in [2.05, 4.69) is 0 Å². The zero-order valence-electron chi connectivity index (χ0n) is 10.6. The second-order valence-electron chi connectivity index (χ2n) is 0.577. The fourth-order valence-electron chi connectivity index (χ4n) is 0. The third-order valence-corrected chi connectivity index (χ3v) is 0.167. The zero-order valence-corrected chi connectivity index (χ0v) is 19.1. The summed E-state index contributed by atoms with van der Waals surface area (Å²) < 4.78 is 0. The summed E-state index contributed by atoms with van der Waals surface area (Å²) in [4.78, 5) is 0. The van der Waals surface area contributed by atoms with Crippen LogP contribution in [0.25, 0.3) is 0 Å². The molecule has 6 heteroatoms. The van der Waals surface area contributed by atoms with Gasteiger partial charge in [-0.3, -0.25) is 0 Å². The summed E-state index contributed by atoms with van der Waals surface area (Å²) in [6, 6.07) is 0. The summed E-state index contributed by atoms with van der Waals surface area (Å²) in [5, 5.41) is 0. The van der Waals surface area contributed by atoms with Crippen molar-refractivity contribution in [2.24, 2.45) is 11.5 Å². The van der Waals surface area contributed by atoms with Crippen molar-refractivity contribution < 1.29 is 211 Å². The molecule has 0 fully saturated rings. The molecule has 0 unspecified atom stereocenters. The first-order valence-corrected chi connectivity index (χ1v) is 1.32. The van der Waals surface area contributed by atoms with Crippen LogP contribution in [0.5, 0.6) is 0 Å². The summed E-state index contributed by atoms with van der Waals surface area (Å²) in [6.07, 6.45) is 0. The molecule has 0 aromatic carbocycles. The molecule has 2 nitrogen and oxygen atoms in total. The Morgan fingerprint density at radius 1 is 0.750 bits per heavy atom. The van der Waals surface area contributed by atoms with E-state index in [0.717, 1.165) is 0 Å². The van der Waals surface area contributed by atoms with Gasteiger partial charge in [0, 0.05) is 13.1 Å². The Balaban J connectivity index is -0.00000000161. The van der Waals surface area contributed by atoms with Crippen molar-refractivity contribution in [3.63, 3.8) is 0 Å². The van der Waals surface area contributed by atoms with Crippen molar-refractivity contribution in [2.45, 2.75) is 0 Å². The quantitative estimate of drug-likeness (QED) is 0.431. The molecule has 0 spiro atoms. The third-order valence-electron chi connectivity index (χ3n) is 0.167. The van der Waals surface area contributed by atoms with Crippen molar-refractivity contribution in [1.29, 1.82) is 0 Å². The van der Waals surface area contributed by atoms with Crippen LogP contribution in [0, 0.1) is 0 Å². The average Bonchev–Trinajstić information content (AvgIpc) is 1.37. The predicted octanol–water partition coefficient (Wildman–Crippen LogP) is -12.6. The molecule has 0 saturated heterocycles. The molecule has 0 aliphatic carbocycles. The molecule has 0 aliphatic heterocycles. The predicted molar refractivity (Wildman–Crippen MR) is 22.6 cm³/mol. The standard InChI is InChI=1S/C2H8N2.4K.4H/c3-1-2-4;;;;;;;;/h1-4H2;;;;;;;;/q;4*+1;4*-1. The first-order valence-electron chi connectivity index (χ1n) is 1.32. The molecule has 0 bridgehead atoms. The molecular formula is C2H12K4N2. The Hall–Kier alpha value is 6.47. The van der Waals surface area contributed by atoms with Crippen molar-refractivity contribution in [3.8, 4) is 0 Å². The normalized spacial score (nSPS) is 3.75. The van der Waals surface area contributed by atoms with Gasteiger partial charge in [-0.05, 0) is 0 Å². The molecule has 0 rings (SSSR count). The molecule has 0 amide bonds. The van der Waals surface area contributed by atoms with Gasteiger partial charge in [0.25, 0.3) is 0 Å². The largest absolute Gasteiger partial charge is 1.00 e. The minimum Gasteiger partial charge on any atom is -1.00 e. The molecule has 34 valence electrons. The van der Waals surface area contributed by atoms with Crippen LogP contribution in [-0.4, -0.2) is 13.1 Å². The topological polar surface area (TPSA) is 52.0 Å². The summed E-state index contributed by atoms with van der Waals surface area (Å²) in [6.45, 7) is 1.19. The van der Waals surface area contributed by atoms with E-state index in [4.69, 9.17) is 11.5 Å². The van der Waals surface area contributed by atoms with Crippen LogP contribution in [-0.2, 0) is 0 Å². The minimum atomic E-state index is 0. The van der Waals surface area contributed by atoms with E-state index in [9.17, 15) is 0 Å². The van der Waals surface area contributed by atoms with Crippen molar-refractivity contribution in [2.75, 3.05) is 13.1 Å². The fourth-order valence-corrected chi connectivity index (χ4v) is 0. The van der Waals surface area contributed by atoms with Gasteiger partial charge in [-0.2, -0.15) is 0 Å². The van der Waals surface area contributed by atoms with Gasteiger partial charge in [0.2, 0.25) is 0 Å². The maximum absolute atomic E-state index is 4.90. The van der Waals surface area contributed by atoms with Crippen LogP contribution in [0.15, 0.2) is 0 Å². The maximum Gasteiger partial charge on any atom is 1.00 e. The monoisotopic (exact) mass is 220 g/mol. The smallest absolute Gasteiger partial charge is 1.00 e. The van der Waals surface area contributed by atoms with Gasteiger partial charge < -0.3 is 17.2 Å². The fraction of sp³-hybridized carbons (Fsp3) is 1.00. The van der Waals surface area contributed by atoms with Crippen LogP contribution < -0.4 is 217 Å². The summed E-state index contributed by atoms with van der Waals surface area (Å²) in [5.41, 5.74) is 9.81. The van der Waals surface area contributed by atoms with Crippen molar-refractivity contribution >= 4 is 0 Å². The molecule has 0 atom stereocenters. The van der Waals surface area contributed by atoms with Gasteiger partial charge >= 0.3 is 206 Å². The van der Waals surface area contributed by atoms with Gasteiger partial charge in [-0.15, -0.1) is 0 Å². The second-order valence-corrected chi connectivity index (χ2v) is 0.577. The van der Waals surface area contributed by atoms with Crippen molar-refractivity contribution in [3.05, 3.63) is 0 Å². The Bertz CT molecular complexity index is 25.0. The Morgan fingerprint density at radius 3 is 0.875 bits per heavy atom. The number of nitrogens with two attached hydrogens (primary N) is 2. The molecule has 0 aliphatic rings. The van der Waals surface area contributed by atoms with E-state index in [1.807, 2.05) is 0 Å². The SMILES string of the molecule is NCCN.[H-].[H-].[H-].[H-].[K+].[K+].[K+].[K+]. The molecule has 0 heterocycles. The van der Waals surface area contributed by atoms with Crippen molar-refractivity contribution in [1.82, 2.24) is 0 Å². The second kappa shape index (κ2) is 29.2. The Kier molecular flexibility index (Phi) is 107. The number of rotatable bonds is 1. The van der Waals surface area contributed by atoms with E-state index >= 15 is 0 Å². The van der Waals surface area contributed by atoms with E-state index in [0.29, 0.717) is 13.1 Å². The summed E-state index contributed by atoms with van der Waals surface area (Å²) in [5.74, 6) is 0. The molecule has 4 N–H and O–H groups in total. The third kappa shape index (κ3) is 29.4. The summed E-state index contributed by atoms with van der Waals surface area (Å²) in [7, 11) is 0. The van der Waals surface area contributed by atoms with Gasteiger partial charge in [0.15, 0.2) is 0 Å².